The molecule has 1 aliphatic rings. The predicted molar refractivity (Wildman–Crippen MR) is 111 cm³/mol. The molecule has 10 nitrogen and oxygen atoms in total. The first-order valence-corrected chi connectivity index (χ1v) is 11.0. The van der Waals surface area contributed by atoms with E-state index in [0.29, 0.717) is 22.5 Å². The molecule has 0 radical (unpaired) electrons. The van der Waals surface area contributed by atoms with Crippen molar-refractivity contribution < 1.29 is 22.6 Å². The van der Waals surface area contributed by atoms with Crippen LogP contribution < -0.4 is 5.32 Å². The third-order valence-electron chi connectivity index (χ3n) is 4.97. The zero-order valence-electron chi connectivity index (χ0n) is 15.8. The number of benzene rings is 2. The molecule has 1 N–H and O–H groups in total. The molecule has 0 saturated heterocycles. The number of anilines is 1. The van der Waals surface area contributed by atoms with Crippen molar-refractivity contribution in [1.82, 2.24) is 9.78 Å². The highest BCUT2D eigenvalue weighted by molar-refractivity contribution is 7.90. The van der Waals surface area contributed by atoms with Crippen molar-refractivity contribution in [2.75, 3.05) is 5.32 Å². The lowest BCUT2D eigenvalue weighted by Crippen LogP contribution is -2.16. The highest BCUT2D eigenvalue weighted by Gasteiger charge is 2.33. The van der Waals surface area contributed by atoms with Gasteiger partial charge in [-0.05, 0) is 24.3 Å². The van der Waals surface area contributed by atoms with E-state index in [9.17, 15) is 23.3 Å². The third kappa shape index (κ3) is 3.34. The van der Waals surface area contributed by atoms with Gasteiger partial charge in [0.25, 0.3) is 11.6 Å². The van der Waals surface area contributed by atoms with E-state index in [1.165, 1.54) is 28.9 Å². The van der Waals surface area contributed by atoms with Crippen LogP contribution in [0.25, 0.3) is 16.7 Å². The molecule has 1 aliphatic heterocycles. The number of nitrogens with zero attached hydrogens (tertiary/aromatic N) is 3. The quantitative estimate of drug-likeness (QED) is 0.381. The van der Waals surface area contributed by atoms with Gasteiger partial charge in [-0.25, -0.2) is 13.1 Å². The Bertz CT molecular complexity index is 1430. The van der Waals surface area contributed by atoms with Crippen molar-refractivity contribution in [3.05, 3.63) is 81.7 Å². The first kappa shape index (κ1) is 19.0. The van der Waals surface area contributed by atoms with Crippen LogP contribution in [0.15, 0.2) is 59.0 Å². The summed E-state index contributed by atoms with van der Waals surface area (Å²) >= 11 is 0. The Morgan fingerprint density at radius 1 is 1.13 bits per heavy atom. The van der Waals surface area contributed by atoms with Gasteiger partial charge in [0, 0.05) is 23.1 Å². The maximum absolute atomic E-state index is 12.9. The number of carbonyl (C=O) groups is 1. The number of nitrogens with one attached hydrogen (secondary N) is 1. The topological polar surface area (TPSA) is 137 Å². The molecule has 31 heavy (non-hydrogen) atoms. The van der Waals surface area contributed by atoms with Crippen LogP contribution in [0, 0.1) is 10.1 Å². The smallest absolute Gasteiger partial charge is 0.292 e. The molecule has 0 spiro atoms. The minimum Gasteiger partial charge on any atom is -0.451 e. The molecule has 0 unspecified atom stereocenters. The Balaban J connectivity index is 1.56. The predicted octanol–water partition coefficient (Wildman–Crippen LogP) is 3.21. The van der Waals surface area contributed by atoms with Crippen molar-refractivity contribution in [3.8, 4) is 5.69 Å². The number of amides is 1. The van der Waals surface area contributed by atoms with Gasteiger partial charge in [0.05, 0.1) is 27.8 Å². The average Bonchev–Trinajstić information content (AvgIpc) is 3.39. The van der Waals surface area contributed by atoms with Crippen LogP contribution in [0.3, 0.4) is 0 Å². The van der Waals surface area contributed by atoms with Crippen LogP contribution in [0.5, 0.6) is 0 Å². The minimum atomic E-state index is -3.36. The van der Waals surface area contributed by atoms with Gasteiger partial charge in [0.1, 0.15) is 11.4 Å². The number of nitro benzene ring substituents is 1. The van der Waals surface area contributed by atoms with Crippen molar-refractivity contribution in [1.29, 1.82) is 0 Å². The summed E-state index contributed by atoms with van der Waals surface area (Å²) in [5.41, 5.74) is 1.61. The third-order valence-corrected chi connectivity index (χ3v) is 6.42. The van der Waals surface area contributed by atoms with Gasteiger partial charge in [0.2, 0.25) is 0 Å². The van der Waals surface area contributed by atoms with Crippen LogP contribution in [0.2, 0.25) is 0 Å². The molecule has 0 fully saturated rings. The molecule has 0 saturated carbocycles. The van der Waals surface area contributed by atoms with Crippen LogP contribution in [-0.2, 0) is 21.3 Å². The fourth-order valence-corrected chi connectivity index (χ4v) is 5.03. The zero-order valence-corrected chi connectivity index (χ0v) is 16.6. The van der Waals surface area contributed by atoms with Gasteiger partial charge in [0.15, 0.2) is 15.6 Å². The zero-order chi connectivity index (χ0) is 21.8. The van der Waals surface area contributed by atoms with E-state index in [1.807, 2.05) is 6.07 Å². The maximum Gasteiger partial charge on any atom is 0.292 e. The molecule has 11 heteroatoms. The number of hydrogen-bond donors (Lipinski definition) is 1. The van der Waals surface area contributed by atoms with Crippen LogP contribution in [0.4, 0.5) is 11.5 Å². The van der Waals surface area contributed by atoms with Crippen LogP contribution >= 0.6 is 0 Å². The minimum absolute atomic E-state index is 0.0623. The normalized spacial score (nSPS) is 14.5. The molecule has 4 aromatic rings. The molecule has 2 aromatic heterocycles. The highest BCUT2D eigenvalue weighted by Crippen LogP contribution is 2.33. The SMILES string of the molecule is O=C(Nc1c2c(nn1-c1ccc([N+](=O)[O-])cc1)CS(=O)(=O)C2)c1cc2ccccc2o1. The number of aromatic nitrogens is 2. The lowest BCUT2D eigenvalue weighted by atomic mass is 10.2. The number of sulfone groups is 1. The maximum atomic E-state index is 12.9. The van der Waals surface area contributed by atoms with Gasteiger partial charge >= 0.3 is 0 Å². The van der Waals surface area contributed by atoms with E-state index >= 15 is 0 Å². The fraction of sp³-hybridized carbons (Fsp3) is 0.100. The highest BCUT2D eigenvalue weighted by atomic mass is 32.2. The van der Waals surface area contributed by atoms with Crippen molar-refractivity contribution in [3.63, 3.8) is 0 Å². The second-order valence-electron chi connectivity index (χ2n) is 7.09. The Hall–Kier alpha value is -3.99. The second kappa shape index (κ2) is 6.77. The van der Waals surface area contributed by atoms with Gasteiger partial charge in [-0.3, -0.25) is 14.9 Å². The first-order chi connectivity index (χ1) is 14.8. The number of furan rings is 1. The van der Waals surface area contributed by atoms with Crippen molar-refractivity contribution in [2.45, 2.75) is 11.5 Å². The summed E-state index contributed by atoms with van der Waals surface area (Å²) in [4.78, 5) is 23.3. The molecular weight excluding hydrogens is 424 g/mol. The van der Waals surface area contributed by atoms with E-state index in [0.717, 1.165) is 5.39 Å². The summed E-state index contributed by atoms with van der Waals surface area (Å²) in [6.07, 6.45) is 0. The molecule has 5 rings (SSSR count). The summed E-state index contributed by atoms with van der Waals surface area (Å²) in [5.74, 6) is -0.810. The molecule has 0 bridgehead atoms. The molecular formula is C20H14N4O6S. The summed E-state index contributed by atoms with van der Waals surface area (Å²) in [5, 5.41) is 18.7. The van der Waals surface area contributed by atoms with Crippen molar-refractivity contribution in [2.24, 2.45) is 0 Å². The van der Waals surface area contributed by atoms with E-state index in [4.69, 9.17) is 4.42 Å². The first-order valence-electron chi connectivity index (χ1n) is 9.17. The Kier molecular flexibility index (Phi) is 4.15. The summed E-state index contributed by atoms with van der Waals surface area (Å²) < 4.78 is 31.1. The van der Waals surface area contributed by atoms with Gasteiger partial charge in [-0.15, -0.1) is 0 Å². The van der Waals surface area contributed by atoms with Crippen LogP contribution in [0.1, 0.15) is 21.8 Å². The number of rotatable bonds is 4. The number of carbonyl (C=O) groups excluding carboxylic acids is 1. The Morgan fingerprint density at radius 2 is 1.87 bits per heavy atom. The number of non-ortho nitro benzene ring substituents is 1. The Morgan fingerprint density at radius 3 is 2.58 bits per heavy atom. The molecule has 156 valence electrons. The number of hydrogen-bond acceptors (Lipinski definition) is 7. The van der Waals surface area contributed by atoms with Gasteiger partial charge in [-0.1, -0.05) is 18.2 Å². The number of para-hydroxylation sites is 1. The van der Waals surface area contributed by atoms with E-state index in [-0.39, 0.29) is 28.8 Å². The van der Waals surface area contributed by atoms with Crippen LogP contribution in [-0.4, -0.2) is 29.0 Å². The Labute approximate surface area is 175 Å². The van der Waals surface area contributed by atoms with E-state index in [1.54, 1.807) is 24.3 Å². The largest absolute Gasteiger partial charge is 0.451 e. The standard InChI is InChI=1S/C20H14N4O6S/c25-20(18-9-12-3-1-2-4-17(12)30-18)21-19-15-10-31(28,29)11-16(15)22-23(19)13-5-7-14(8-6-13)24(26)27/h1-9H,10-11H2,(H,21,25). The molecule has 2 aromatic carbocycles. The lowest BCUT2D eigenvalue weighted by molar-refractivity contribution is -0.384. The van der Waals surface area contributed by atoms with Crippen molar-refractivity contribution >= 4 is 38.2 Å². The molecule has 1 amide bonds. The average molecular weight is 438 g/mol. The fourth-order valence-electron chi connectivity index (χ4n) is 3.54. The molecule has 3 heterocycles. The van der Waals surface area contributed by atoms with E-state index in [2.05, 4.69) is 10.4 Å². The van der Waals surface area contributed by atoms with E-state index < -0.39 is 20.7 Å². The van der Waals surface area contributed by atoms with Gasteiger partial charge in [-0.2, -0.15) is 5.10 Å². The summed E-state index contributed by atoms with van der Waals surface area (Å²) in [6, 6.07) is 14.3. The summed E-state index contributed by atoms with van der Waals surface area (Å²) in [7, 11) is -3.36. The number of fused-ring (bicyclic) bond motifs is 2. The molecule has 0 atom stereocenters. The lowest BCUT2D eigenvalue weighted by Gasteiger charge is -2.10. The van der Waals surface area contributed by atoms with Gasteiger partial charge < -0.3 is 9.73 Å². The molecule has 0 aliphatic carbocycles. The monoisotopic (exact) mass is 438 g/mol. The summed E-state index contributed by atoms with van der Waals surface area (Å²) in [6.45, 7) is 0. The number of nitro groups is 1. The second-order valence-corrected chi connectivity index (χ2v) is 9.16.